The van der Waals surface area contributed by atoms with Gasteiger partial charge in [0.1, 0.15) is 11.5 Å². The van der Waals surface area contributed by atoms with E-state index in [2.05, 4.69) is 15.3 Å². The van der Waals surface area contributed by atoms with Crippen molar-refractivity contribution < 1.29 is 10.2 Å². The van der Waals surface area contributed by atoms with E-state index in [-0.39, 0.29) is 12.5 Å². The third-order valence-corrected chi connectivity index (χ3v) is 4.35. The van der Waals surface area contributed by atoms with Gasteiger partial charge >= 0.3 is 0 Å². The van der Waals surface area contributed by atoms with Crippen LogP contribution in [0.15, 0.2) is 11.4 Å². The van der Waals surface area contributed by atoms with E-state index in [0.29, 0.717) is 23.0 Å². The van der Waals surface area contributed by atoms with Crippen LogP contribution in [0.3, 0.4) is 0 Å². The molecule has 0 radical (unpaired) electrons. The van der Waals surface area contributed by atoms with Crippen molar-refractivity contribution in [2.24, 2.45) is 5.92 Å². The molecule has 1 aromatic heterocycles. The van der Waals surface area contributed by atoms with Crippen LogP contribution in [-0.4, -0.2) is 32.2 Å². The molecule has 1 fully saturated rings. The van der Waals surface area contributed by atoms with Crippen LogP contribution in [0.25, 0.3) is 0 Å². The lowest BCUT2D eigenvalue weighted by molar-refractivity contribution is -0.0156. The molecule has 0 spiro atoms. The van der Waals surface area contributed by atoms with Crippen LogP contribution < -0.4 is 5.32 Å². The van der Waals surface area contributed by atoms with Crippen molar-refractivity contribution in [3.05, 3.63) is 11.8 Å². The highest BCUT2D eigenvalue weighted by Crippen LogP contribution is 2.34. The van der Waals surface area contributed by atoms with E-state index < -0.39 is 5.72 Å². The van der Waals surface area contributed by atoms with Gasteiger partial charge in [-0.3, -0.25) is 0 Å². The molecule has 0 amide bonds. The van der Waals surface area contributed by atoms with Crippen LogP contribution in [-0.2, 0) is 6.61 Å². The maximum atomic E-state index is 10.7. The summed E-state index contributed by atoms with van der Waals surface area (Å²) in [5, 5.41) is 23.8. The summed E-state index contributed by atoms with van der Waals surface area (Å²) in [5.74, 6) is 0.707. The number of anilines is 1. The summed E-state index contributed by atoms with van der Waals surface area (Å²) in [6, 6.07) is 0. The Kier molecular flexibility index (Phi) is 4.65. The van der Waals surface area contributed by atoms with Crippen LogP contribution in [0.2, 0.25) is 0 Å². The quantitative estimate of drug-likeness (QED) is 0.446. The normalized spacial score (nSPS) is 27.3. The monoisotopic (exact) mass is 283 g/mol. The number of hydrogen-bond donors (Lipinski definition) is 3. The number of aromatic nitrogens is 2. The first-order valence-corrected chi connectivity index (χ1v) is 7.83. The Labute approximate surface area is 117 Å². The zero-order valence-corrected chi connectivity index (χ0v) is 12.2. The summed E-state index contributed by atoms with van der Waals surface area (Å²) in [5.41, 5.74) is -0.323. The van der Waals surface area contributed by atoms with E-state index in [9.17, 15) is 10.2 Å². The molecular weight excluding hydrogens is 262 g/mol. The Hall–Kier alpha value is -0.850. The molecule has 1 aliphatic carbocycles. The van der Waals surface area contributed by atoms with Gasteiger partial charge in [0, 0.05) is 17.7 Å². The second-order valence-electron chi connectivity index (χ2n) is 5.08. The van der Waals surface area contributed by atoms with E-state index >= 15 is 0 Å². The van der Waals surface area contributed by atoms with Crippen molar-refractivity contribution in [1.82, 2.24) is 9.97 Å². The largest absolute Gasteiger partial charge is 0.391 e. The van der Waals surface area contributed by atoms with Gasteiger partial charge in [0.2, 0.25) is 0 Å². The lowest BCUT2D eigenvalue weighted by Crippen LogP contribution is -2.47. The highest BCUT2D eigenvalue weighted by atomic mass is 32.2. The Morgan fingerprint density at radius 1 is 1.53 bits per heavy atom. The predicted molar refractivity (Wildman–Crippen MR) is 75.9 cm³/mol. The van der Waals surface area contributed by atoms with Gasteiger partial charge in [0.15, 0.2) is 5.16 Å². The highest BCUT2D eigenvalue weighted by Gasteiger charge is 2.36. The standard InChI is InChI=1S/C13H21N3O2S/c1-9-5-3-4-6-13(9,18)16-11-10(8-17)7-14-12(15-11)19-2/h7,9,17-18H,3-6,8H2,1-2H3,(H,14,15,16). The molecule has 6 heteroatoms. The van der Waals surface area contributed by atoms with Crippen LogP contribution >= 0.6 is 11.8 Å². The molecule has 0 aromatic carbocycles. The summed E-state index contributed by atoms with van der Waals surface area (Å²) >= 11 is 1.44. The first kappa shape index (κ1) is 14.6. The van der Waals surface area contributed by atoms with Crippen LogP contribution in [0.5, 0.6) is 0 Å². The van der Waals surface area contributed by atoms with Crippen molar-refractivity contribution in [2.75, 3.05) is 11.6 Å². The number of nitrogens with one attached hydrogen (secondary N) is 1. The van der Waals surface area contributed by atoms with E-state index in [0.717, 1.165) is 19.3 Å². The molecule has 19 heavy (non-hydrogen) atoms. The van der Waals surface area contributed by atoms with Crippen molar-refractivity contribution in [2.45, 2.75) is 50.1 Å². The summed E-state index contributed by atoms with van der Waals surface area (Å²) in [7, 11) is 0. The summed E-state index contributed by atoms with van der Waals surface area (Å²) in [6.45, 7) is 1.91. The number of aliphatic hydroxyl groups is 2. The van der Waals surface area contributed by atoms with E-state index in [1.807, 2.05) is 13.2 Å². The third-order valence-electron chi connectivity index (χ3n) is 3.79. The minimum Gasteiger partial charge on any atom is -0.391 e. The Morgan fingerprint density at radius 3 is 2.95 bits per heavy atom. The molecular formula is C13H21N3O2S. The van der Waals surface area contributed by atoms with E-state index in [1.54, 1.807) is 6.20 Å². The Morgan fingerprint density at radius 2 is 2.32 bits per heavy atom. The van der Waals surface area contributed by atoms with Crippen LogP contribution in [0, 0.1) is 5.92 Å². The average molecular weight is 283 g/mol. The summed E-state index contributed by atoms with van der Waals surface area (Å²) in [4.78, 5) is 8.49. The molecule has 106 valence electrons. The first-order chi connectivity index (χ1) is 9.09. The van der Waals surface area contributed by atoms with Gasteiger partial charge in [0.25, 0.3) is 0 Å². The lowest BCUT2D eigenvalue weighted by atomic mass is 9.82. The lowest BCUT2D eigenvalue weighted by Gasteiger charge is -2.39. The van der Waals surface area contributed by atoms with E-state index in [4.69, 9.17) is 0 Å². The average Bonchev–Trinajstić information content (AvgIpc) is 2.42. The zero-order valence-electron chi connectivity index (χ0n) is 11.4. The minimum atomic E-state index is -0.938. The fourth-order valence-corrected chi connectivity index (χ4v) is 2.77. The summed E-state index contributed by atoms with van der Waals surface area (Å²) in [6.07, 6.45) is 7.37. The Balaban J connectivity index is 2.25. The molecule has 1 aromatic rings. The number of thioether (sulfide) groups is 1. The molecule has 1 saturated carbocycles. The first-order valence-electron chi connectivity index (χ1n) is 6.60. The second-order valence-corrected chi connectivity index (χ2v) is 5.86. The maximum absolute atomic E-state index is 10.7. The highest BCUT2D eigenvalue weighted by molar-refractivity contribution is 7.98. The van der Waals surface area contributed by atoms with Crippen LogP contribution in [0.4, 0.5) is 5.82 Å². The molecule has 2 rings (SSSR count). The van der Waals surface area contributed by atoms with Gasteiger partial charge in [0.05, 0.1) is 6.61 Å². The van der Waals surface area contributed by atoms with E-state index in [1.165, 1.54) is 11.8 Å². The van der Waals surface area contributed by atoms with Gasteiger partial charge in [-0.05, 0) is 25.5 Å². The molecule has 2 unspecified atom stereocenters. The number of nitrogens with zero attached hydrogens (tertiary/aromatic N) is 2. The van der Waals surface area contributed by atoms with Crippen molar-refractivity contribution in [3.63, 3.8) is 0 Å². The smallest absolute Gasteiger partial charge is 0.189 e. The molecule has 0 bridgehead atoms. The fourth-order valence-electron chi connectivity index (χ4n) is 2.43. The molecule has 0 saturated heterocycles. The number of aliphatic hydroxyl groups excluding tert-OH is 1. The van der Waals surface area contributed by atoms with Gasteiger partial charge in [-0.25, -0.2) is 9.97 Å². The van der Waals surface area contributed by atoms with Gasteiger partial charge in [-0.1, -0.05) is 25.1 Å². The van der Waals surface area contributed by atoms with Gasteiger partial charge in [-0.15, -0.1) is 0 Å². The molecule has 2 atom stereocenters. The number of rotatable bonds is 4. The molecule has 0 aliphatic heterocycles. The Bertz CT molecular complexity index is 444. The maximum Gasteiger partial charge on any atom is 0.189 e. The SMILES string of the molecule is CSc1ncc(CO)c(NC2(O)CCCCC2C)n1. The van der Waals surface area contributed by atoms with Crippen LogP contribution in [0.1, 0.15) is 38.2 Å². The second kappa shape index (κ2) is 6.07. The molecule has 3 N–H and O–H groups in total. The van der Waals surface area contributed by atoms with Crippen molar-refractivity contribution in [1.29, 1.82) is 0 Å². The van der Waals surface area contributed by atoms with Gasteiger partial charge in [-0.2, -0.15) is 0 Å². The molecule has 1 aliphatic rings. The number of hydrogen-bond acceptors (Lipinski definition) is 6. The predicted octanol–water partition coefficient (Wildman–Crippen LogP) is 2.00. The zero-order chi connectivity index (χ0) is 13.9. The minimum absolute atomic E-state index is 0.137. The molecule has 1 heterocycles. The molecule has 5 nitrogen and oxygen atoms in total. The van der Waals surface area contributed by atoms with Crippen molar-refractivity contribution >= 4 is 17.6 Å². The van der Waals surface area contributed by atoms with Crippen molar-refractivity contribution in [3.8, 4) is 0 Å². The topological polar surface area (TPSA) is 78.3 Å². The van der Waals surface area contributed by atoms with Gasteiger partial charge < -0.3 is 15.5 Å². The summed E-state index contributed by atoms with van der Waals surface area (Å²) < 4.78 is 0. The third kappa shape index (κ3) is 3.19. The fraction of sp³-hybridized carbons (Fsp3) is 0.692.